The van der Waals surface area contributed by atoms with Crippen LogP contribution in [0.5, 0.6) is 0 Å². The summed E-state index contributed by atoms with van der Waals surface area (Å²) in [5.41, 5.74) is -0.711. The van der Waals surface area contributed by atoms with Crippen LogP contribution in [0.15, 0.2) is 0 Å². The minimum atomic E-state index is -1.52. The highest BCUT2D eigenvalue weighted by Crippen LogP contribution is 2.75. The summed E-state index contributed by atoms with van der Waals surface area (Å²) < 4.78 is 0. The van der Waals surface area contributed by atoms with E-state index in [0.717, 1.165) is 12.8 Å². The summed E-state index contributed by atoms with van der Waals surface area (Å²) in [6.45, 7) is 10.4. The Labute approximate surface area is 86.3 Å². The van der Waals surface area contributed by atoms with Crippen molar-refractivity contribution in [2.45, 2.75) is 53.2 Å². The Bertz CT molecular complexity index is 270. The highest BCUT2D eigenvalue weighted by atomic mass is 16.5. The van der Waals surface area contributed by atoms with Gasteiger partial charge in [0, 0.05) is 10.8 Å². The molecule has 2 unspecified atom stereocenters. The van der Waals surface area contributed by atoms with Gasteiger partial charge >= 0.3 is 0 Å². The standard InChI is InChI=1S/C12H22O2/c1-9(2)8-6-7-11(9,5)12(13,14)10(8,3)4/h8,13-14H,6-7H2,1-5H3. The van der Waals surface area contributed by atoms with Crippen molar-refractivity contribution in [1.82, 2.24) is 0 Å². The topological polar surface area (TPSA) is 40.5 Å². The quantitative estimate of drug-likeness (QED) is 0.585. The molecular formula is C12H22O2. The molecule has 0 aliphatic heterocycles. The molecule has 2 aliphatic rings. The Hall–Kier alpha value is -0.0800. The van der Waals surface area contributed by atoms with Gasteiger partial charge in [0.1, 0.15) is 0 Å². The van der Waals surface area contributed by atoms with Crippen molar-refractivity contribution in [3.05, 3.63) is 0 Å². The van der Waals surface area contributed by atoms with Crippen LogP contribution in [0, 0.1) is 22.2 Å². The van der Waals surface area contributed by atoms with Crippen molar-refractivity contribution in [3.63, 3.8) is 0 Å². The van der Waals surface area contributed by atoms with Crippen molar-refractivity contribution in [1.29, 1.82) is 0 Å². The average molecular weight is 198 g/mol. The molecule has 0 amide bonds. The van der Waals surface area contributed by atoms with E-state index in [1.165, 1.54) is 0 Å². The van der Waals surface area contributed by atoms with Gasteiger partial charge in [0.05, 0.1) is 0 Å². The van der Waals surface area contributed by atoms with Crippen LogP contribution in [0.4, 0.5) is 0 Å². The fraction of sp³-hybridized carbons (Fsp3) is 1.00. The lowest BCUT2D eigenvalue weighted by Crippen LogP contribution is -2.54. The molecule has 2 heteroatoms. The third-order valence-electron chi connectivity index (χ3n) is 5.77. The van der Waals surface area contributed by atoms with Gasteiger partial charge in [-0.1, -0.05) is 34.6 Å². The van der Waals surface area contributed by atoms with E-state index in [9.17, 15) is 10.2 Å². The first-order valence-corrected chi connectivity index (χ1v) is 5.54. The maximum Gasteiger partial charge on any atom is 0.174 e. The Kier molecular flexibility index (Phi) is 1.64. The predicted molar refractivity (Wildman–Crippen MR) is 55.6 cm³/mol. The maximum atomic E-state index is 10.4. The van der Waals surface area contributed by atoms with Gasteiger partial charge in [0.15, 0.2) is 5.79 Å². The van der Waals surface area contributed by atoms with E-state index in [1.807, 2.05) is 20.8 Å². The summed E-state index contributed by atoms with van der Waals surface area (Å²) in [5.74, 6) is -1.11. The molecule has 2 atom stereocenters. The molecule has 82 valence electrons. The van der Waals surface area contributed by atoms with Gasteiger partial charge in [0.25, 0.3) is 0 Å². The van der Waals surface area contributed by atoms with Gasteiger partial charge in [-0.15, -0.1) is 0 Å². The Morgan fingerprint density at radius 2 is 1.43 bits per heavy atom. The SMILES string of the molecule is CC1(C)C2CCC(C)(C2(C)C)C1(O)O. The molecule has 2 rings (SSSR count). The lowest BCUT2D eigenvalue weighted by molar-refractivity contribution is -0.292. The van der Waals surface area contributed by atoms with Crippen LogP contribution in [-0.4, -0.2) is 16.0 Å². The third-order valence-corrected chi connectivity index (χ3v) is 5.77. The zero-order valence-electron chi connectivity index (χ0n) is 9.89. The third kappa shape index (κ3) is 0.704. The smallest absolute Gasteiger partial charge is 0.174 e. The monoisotopic (exact) mass is 198 g/mol. The maximum absolute atomic E-state index is 10.4. The first-order valence-electron chi connectivity index (χ1n) is 5.54. The Balaban J connectivity index is 2.62. The molecule has 0 heterocycles. The second kappa shape index (κ2) is 2.19. The number of hydrogen-bond acceptors (Lipinski definition) is 2. The van der Waals surface area contributed by atoms with Crippen LogP contribution in [-0.2, 0) is 0 Å². The second-order valence-electron chi connectivity index (χ2n) is 6.54. The molecule has 0 saturated heterocycles. The zero-order chi connectivity index (χ0) is 11.0. The predicted octanol–water partition coefficient (Wildman–Crippen LogP) is 2.15. The zero-order valence-corrected chi connectivity index (χ0v) is 9.89. The highest BCUT2D eigenvalue weighted by molar-refractivity contribution is 5.21. The summed E-state index contributed by atoms with van der Waals surface area (Å²) in [7, 11) is 0. The lowest BCUT2D eigenvalue weighted by Gasteiger charge is -2.47. The first kappa shape index (κ1) is 10.4. The minimum absolute atomic E-state index is 0.0278. The van der Waals surface area contributed by atoms with Crippen molar-refractivity contribution in [2.24, 2.45) is 22.2 Å². The van der Waals surface area contributed by atoms with Gasteiger partial charge in [0.2, 0.25) is 0 Å². The number of rotatable bonds is 0. The van der Waals surface area contributed by atoms with Crippen molar-refractivity contribution >= 4 is 0 Å². The van der Waals surface area contributed by atoms with E-state index in [1.54, 1.807) is 0 Å². The first-order chi connectivity index (χ1) is 6.09. The molecule has 0 aromatic carbocycles. The second-order valence-corrected chi connectivity index (χ2v) is 6.54. The summed E-state index contributed by atoms with van der Waals surface area (Å²) in [5, 5.41) is 20.7. The molecule has 0 radical (unpaired) electrons. The molecular weight excluding hydrogens is 176 g/mol. The van der Waals surface area contributed by atoms with Crippen LogP contribution in [0.1, 0.15) is 47.5 Å². The van der Waals surface area contributed by atoms with Crippen LogP contribution in [0.3, 0.4) is 0 Å². The summed E-state index contributed by atoms with van der Waals surface area (Å²) in [6.07, 6.45) is 2.06. The molecule has 0 aromatic heterocycles. The summed E-state index contributed by atoms with van der Waals surface area (Å²) in [6, 6.07) is 0. The van der Waals surface area contributed by atoms with E-state index in [4.69, 9.17) is 0 Å². The average Bonchev–Trinajstić information content (AvgIpc) is 2.26. The molecule has 2 bridgehead atoms. The molecule has 2 nitrogen and oxygen atoms in total. The van der Waals surface area contributed by atoms with Gasteiger partial charge in [-0.2, -0.15) is 0 Å². The lowest BCUT2D eigenvalue weighted by atomic mass is 9.66. The van der Waals surface area contributed by atoms with Crippen molar-refractivity contribution < 1.29 is 10.2 Å². The van der Waals surface area contributed by atoms with Gasteiger partial charge in [-0.05, 0) is 24.2 Å². The summed E-state index contributed by atoms with van der Waals surface area (Å²) >= 11 is 0. The van der Waals surface area contributed by atoms with Crippen molar-refractivity contribution in [3.8, 4) is 0 Å². The largest absolute Gasteiger partial charge is 0.365 e. The highest BCUT2D eigenvalue weighted by Gasteiger charge is 2.76. The summed E-state index contributed by atoms with van der Waals surface area (Å²) in [4.78, 5) is 0. The molecule has 2 N–H and O–H groups in total. The van der Waals surface area contributed by atoms with E-state index in [0.29, 0.717) is 5.92 Å². The molecule has 2 fully saturated rings. The fourth-order valence-electron chi connectivity index (χ4n) is 4.34. The van der Waals surface area contributed by atoms with Gasteiger partial charge < -0.3 is 10.2 Å². The fourth-order valence-corrected chi connectivity index (χ4v) is 4.34. The van der Waals surface area contributed by atoms with E-state index in [-0.39, 0.29) is 16.2 Å². The van der Waals surface area contributed by atoms with Crippen LogP contribution in [0.25, 0.3) is 0 Å². The van der Waals surface area contributed by atoms with Gasteiger partial charge in [-0.3, -0.25) is 0 Å². The van der Waals surface area contributed by atoms with Gasteiger partial charge in [-0.25, -0.2) is 0 Å². The molecule has 0 aromatic rings. The number of hydrogen-bond donors (Lipinski definition) is 2. The van der Waals surface area contributed by atoms with Crippen LogP contribution >= 0.6 is 0 Å². The molecule has 2 saturated carbocycles. The van der Waals surface area contributed by atoms with Crippen molar-refractivity contribution in [2.75, 3.05) is 0 Å². The normalized spacial score (nSPS) is 46.9. The molecule has 2 aliphatic carbocycles. The molecule has 14 heavy (non-hydrogen) atoms. The molecule has 0 spiro atoms. The Morgan fingerprint density at radius 3 is 1.64 bits per heavy atom. The van der Waals surface area contributed by atoms with E-state index >= 15 is 0 Å². The van der Waals surface area contributed by atoms with E-state index < -0.39 is 5.79 Å². The minimum Gasteiger partial charge on any atom is -0.365 e. The number of fused-ring (bicyclic) bond motifs is 2. The van der Waals surface area contributed by atoms with Crippen LogP contribution in [0.2, 0.25) is 0 Å². The number of aliphatic hydroxyl groups is 2. The van der Waals surface area contributed by atoms with E-state index in [2.05, 4.69) is 13.8 Å². The Morgan fingerprint density at radius 1 is 0.929 bits per heavy atom. The van der Waals surface area contributed by atoms with Crippen LogP contribution < -0.4 is 0 Å².